The molecule has 1 aromatic carbocycles. The number of hydrogen-bond acceptors (Lipinski definition) is 10. The number of carbonyl (C=O) groups excluding carboxylic acids is 2. The van der Waals surface area contributed by atoms with Gasteiger partial charge in [0.2, 0.25) is 5.91 Å². The largest absolute Gasteiger partial charge is 0.507 e. The number of aromatic nitrogens is 2. The molecule has 1 aromatic heterocycles. The Balaban J connectivity index is 1.00. The minimum atomic E-state index is -0.0752. The molecule has 6 rings (SSSR count). The molecule has 2 aromatic rings. The van der Waals surface area contributed by atoms with Gasteiger partial charge < -0.3 is 25.0 Å². The third kappa shape index (κ3) is 5.44. The molecule has 1 atom stereocenters. The van der Waals surface area contributed by atoms with Crippen molar-refractivity contribution in [3.8, 4) is 17.0 Å². The number of phenols is 1. The maximum Gasteiger partial charge on any atom is 0.308 e. The number of esters is 1. The predicted molar refractivity (Wildman–Crippen MR) is 151 cm³/mol. The van der Waals surface area contributed by atoms with E-state index < -0.39 is 0 Å². The molecule has 3 aliphatic heterocycles. The average Bonchev–Trinajstić information content (AvgIpc) is 3.00. The molecule has 11 nitrogen and oxygen atoms in total. The highest BCUT2D eigenvalue weighted by atomic mass is 16.5. The molecule has 0 radical (unpaired) electrons. The van der Waals surface area contributed by atoms with Crippen LogP contribution in [0.25, 0.3) is 11.3 Å². The van der Waals surface area contributed by atoms with E-state index in [-0.39, 0.29) is 29.6 Å². The molecular weight excluding hydrogens is 510 g/mol. The first-order chi connectivity index (χ1) is 19.5. The van der Waals surface area contributed by atoms with Crippen molar-refractivity contribution in [3.63, 3.8) is 0 Å². The van der Waals surface area contributed by atoms with Crippen LogP contribution in [0.15, 0.2) is 30.3 Å². The van der Waals surface area contributed by atoms with Crippen molar-refractivity contribution < 1.29 is 19.4 Å². The first-order valence-electron chi connectivity index (χ1n) is 14.5. The number of phenolic OH excluding ortho intramolecular Hbond substituents is 1. The number of methoxy groups -OCH3 is 1. The lowest BCUT2D eigenvalue weighted by atomic mass is 9.85. The lowest BCUT2D eigenvalue weighted by molar-refractivity contribution is -0.147. The van der Waals surface area contributed by atoms with E-state index in [9.17, 15) is 14.7 Å². The summed E-state index contributed by atoms with van der Waals surface area (Å²) < 4.78 is 4.92. The fourth-order valence-corrected chi connectivity index (χ4v) is 6.79. The number of aromatic hydroxyl groups is 1. The van der Waals surface area contributed by atoms with Gasteiger partial charge in [0.1, 0.15) is 5.75 Å². The van der Waals surface area contributed by atoms with Crippen LogP contribution in [0.3, 0.4) is 0 Å². The zero-order valence-electron chi connectivity index (χ0n) is 23.2. The van der Waals surface area contributed by atoms with Crippen LogP contribution < -0.4 is 10.2 Å². The number of fused-ring (bicyclic) bond motifs is 3. The van der Waals surface area contributed by atoms with Gasteiger partial charge in [-0.3, -0.25) is 19.4 Å². The van der Waals surface area contributed by atoms with Crippen LogP contribution in [0.1, 0.15) is 25.7 Å². The monoisotopic (exact) mass is 549 g/mol. The first kappa shape index (κ1) is 26.8. The van der Waals surface area contributed by atoms with Gasteiger partial charge in [0, 0.05) is 64.0 Å². The third-order valence-corrected chi connectivity index (χ3v) is 9.11. The van der Waals surface area contributed by atoms with Crippen LogP contribution in [0, 0.1) is 5.92 Å². The summed E-state index contributed by atoms with van der Waals surface area (Å²) in [4.78, 5) is 34.2. The van der Waals surface area contributed by atoms with Crippen LogP contribution in [-0.2, 0) is 14.3 Å². The fraction of sp³-hybridized carbons (Fsp3) is 0.586. The molecule has 11 heteroatoms. The summed E-state index contributed by atoms with van der Waals surface area (Å²) in [6.45, 7) is 6.94. The van der Waals surface area contributed by atoms with Crippen LogP contribution in [0.2, 0.25) is 0 Å². The Labute approximate surface area is 235 Å². The van der Waals surface area contributed by atoms with E-state index in [0.29, 0.717) is 23.8 Å². The number of benzene rings is 1. The van der Waals surface area contributed by atoms with Crippen molar-refractivity contribution in [1.82, 2.24) is 24.9 Å². The highest BCUT2D eigenvalue weighted by Crippen LogP contribution is 2.36. The lowest BCUT2D eigenvalue weighted by Crippen LogP contribution is -2.60. The summed E-state index contributed by atoms with van der Waals surface area (Å²) in [5, 5.41) is 22.4. The summed E-state index contributed by atoms with van der Waals surface area (Å²) in [5.41, 5.74) is 2.30. The van der Waals surface area contributed by atoms with Crippen LogP contribution >= 0.6 is 0 Å². The Hall–Kier alpha value is -3.44. The maximum atomic E-state index is 13.2. The Morgan fingerprint density at radius 3 is 2.52 bits per heavy atom. The van der Waals surface area contributed by atoms with E-state index in [0.717, 1.165) is 89.5 Å². The first-order valence-corrected chi connectivity index (χ1v) is 14.5. The standard InChI is InChI=1S/C29H39N7O4/c1-40-29(39)20-6-8-21(9-7-20)34-11-13-35(14-12-34)27(38)19-33-10-15-36-22(18-33)17-30-28-25(36)16-24(31-32-28)23-4-2-3-5-26(23)37/h2-5,16,20-22,37H,6-15,17-19H2,1H3,(H,30,32)/t20?,21?,22-/m0/s1. The topological polar surface area (TPSA) is 114 Å². The molecule has 4 aliphatic rings. The number of nitrogens with one attached hydrogen (secondary N) is 1. The van der Waals surface area contributed by atoms with Crippen molar-refractivity contribution >= 4 is 23.4 Å². The molecule has 2 N–H and O–H groups in total. The molecule has 0 unspecified atom stereocenters. The Bertz CT molecular complexity index is 1230. The number of amides is 1. The van der Waals surface area contributed by atoms with E-state index in [1.807, 2.05) is 23.1 Å². The van der Waals surface area contributed by atoms with Gasteiger partial charge in [-0.15, -0.1) is 10.2 Å². The van der Waals surface area contributed by atoms with Crippen molar-refractivity contribution in [1.29, 1.82) is 0 Å². The van der Waals surface area contributed by atoms with Gasteiger partial charge >= 0.3 is 5.97 Å². The molecule has 1 aliphatic carbocycles. The van der Waals surface area contributed by atoms with Gasteiger partial charge in [-0.05, 0) is 43.9 Å². The number of para-hydroxylation sites is 1. The average molecular weight is 550 g/mol. The summed E-state index contributed by atoms with van der Waals surface area (Å²) >= 11 is 0. The summed E-state index contributed by atoms with van der Waals surface area (Å²) in [6.07, 6.45) is 3.84. The minimum Gasteiger partial charge on any atom is -0.507 e. The SMILES string of the molecule is COC(=O)C1CCC(N2CCN(C(=O)CN3CCN4c5cc(-c6ccccc6O)nnc5NC[C@H]4C3)CC2)CC1. The lowest BCUT2D eigenvalue weighted by Gasteiger charge is -2.46. The van der Waals surface area contributed by atoms with E-state index in [1.54, 1.807) is 12.1 Å². The minimum absolute atomic E-state index is 0.0460. The van der Waals surface area contributed by atoms with E-state index >= 15 is 0 Å². The Morgan fingerprint density at radius 1 is 1.00 bits per heavy atom. The van der Waals surface area contributed by atoms with E-state index in [2.05, 4.69) is 30.2 Å². The second-order valence-corrected chi connectivity index (χ2v) is 11.4. The number of ether oxygens (including phenoxy) is 1. The molecule has 214 valence electrons. The van der Waals surface area contributed by atoms with Crippen molar-refractivity contribution in [2.75, 3.05) is 76.2 Å². The number of carbonyl (C=O) groups is 2. The smallest absolute Gasteiger partial charge is 0.308 e. The molecule has 2 saturated heterocycles. The van der Waals surface area contributed by atoms with Crippen LogP contribution in [-0.4, -0.2) is 120 Å². The van der Waals surface area contributed by atoms with Crippen LogP contribution in [0.4, 0.5) is 11.5 Å². The molecule has 0 bridgehead atoms. The molecule has 1 saturated carbocycles. The zero-order valence-corrected chi connectivity index (χ0v) is 23.2. The predicted octanol–water partition coefficient (Wildman–Crippen LogP) is 1.64. The third-order valence-electron chi connectivity index (χ3n) is 9.11. The van der Waals surface area contributed by atoms with E-state index in [1.165, 1.54) is 7.11 Å². The highest BCUT2D eigenvalue weighted by Gasteiger charge is 2.35. The second kappa shape index (κ2) is 11.6. The zero-order chi connectivity index (χ0) is 27.6. The van der Waals surface area contributed by atoms with E-state index in [4.69, 9.17) is 4.74 Å². The fourth-order valence-electron chi connectivity index (χ4n) is 6.79. The molecule has 1 amide bonds. The highest BCUT2D eigenvalue weighted by molar-refractivity contribution is 5.79. The number of hydrogen-bond donors (Lipinski definition) is 2. The molecule has 40 heavy (non-hydrogen) atoms. The Kier molecular flexibility index (Phi) is 7.75. The summed E-state index contributed by atoms with van der Waals surface area (Å²) in [7, 11) is 1.47. The van der Waals surface area contributed by atoms with Gasteiger partial charge in [0.05, 0.1) is 37.0 Å². The Morgan fingerprint density at radius 2 is 1.77 bits per heavy atom. The summed E-state index contributed by atoms with van der Waals surface area (Å²) in [5.74, 6) is 1.13. The quantitative estimate of drug-likeness (QED) is 0.534. The van der Waals surface area contributed by atoms with Crippen molar-refractivity contribution in [2.45, 2.75) is 37.8 Å². The number of rotatable bonds is 5. The van der Waals surface area contributed by atoms with Gasteiger partial charge in [0.25, 0.3) is 0 Å². The van der Waals surface area contributed by atoms with Gasteiger partial charge in [-0.1, -0.05) is 12.1 Å². The van der Waals surface area contributed by atoms with Gasteiger partial charge in [0.15, 0.2) is 5.82 Å². The summed E-state index contributed by atoms with van der Waals surface area (Å²) in [6, 6.07) is 9.91. The molecule has 0 spiro atoms. The van der Waals surface area contributed by atoms with Gasteiger partial charge in [-0.2, -0.15) is 0 Å². The number of piperazine rings is 2. The molecule has 3 fully saturated rings. The van der Waals surface area contributed by atoms with Gasteiger partial charge in [-0.25, -0.2) is 0 Å². The number of anilines is 2. The second-order valence-electron chi connectivity index (χ2n) is 11.4. The van der Waals surface area contributed by atoms with Crippen molar-refractivity contribution in [2.24, 2.45) is 5.92 Å². The van der Waals surface area contributed by atoms with Crippen LogP contribution in [0.5, 0.6) is 5.75 Å². The normalized spacial score (nSPS) is 25.5. The number of nitrogens with zero attached hydrogens (tertiary/aromatic N) is 6. The molecular formula is C29H39N7O4. The van der Waals surface area contributed by atoms with Crippen molar-refractivity contribution in [3.05, 3.63) is 30.3 Å². The maximum absolute atomic E-state index is 13.2. The molecule has 4 heterocycles.